The van der Waals surface area contributed by atoms with Crippen LogP contribution in [0, 0.1) is 6.92 Å². The summed E-state index contributed by atoms with van der Waals surface area (Å²) in [4.78, 5) is 0. The van der Waals surface area contributed by atoms with Gasteiger partial charge in [-0.2, -0.15) is 0 Å². The zero-order valence-corrected chi connectivity index (χ0v) is 6.47. The molecular formula is C5H7NO3S. The molecule has 0 saturated carbocycles. The van der Waals surface area contributed by atoms with Crippen molar-refractivity contribution in [1.29, 1.82) is 0 Å². The molecule has 0 atom stereocenters. The Hall–Kier alpha value is -0.840. The van der Waals surface area contributed by atoms with Crippen molar-refractivity contribution in [2.45, 2.75) is 12.0 Å². The Morgan fingerprint density at radius 1 is 1.60 bits per heavy atom. The molecule has 0 bridgehead atoms. The molecule has 1 aromatic rings. The van der Waals surface area contributed by atoms with Crippen molar-refractivity contribution in [3.05, 3.63) is 11.8 Å². The number of nitrogens with zero attached hydrogens (tertiary/aromatic N) is 1. The summed E-state index contributed by atoms with van der Waals surface area (Å²) in [5, 5.41) is 3.35. The zero-order chi connectivity index (χ0) is 7.78. The first kappa shape index (κ1) is 7.27. The molecule has 0 spiro atoms. The maximum atomic E-state index is 10.7. The second-order valence-electron chi connectivity index (χ2n) is 2.06. The van der Waals surface area contributed by atoms with Gasteiger partial charge in [0.05, 0.1) is 5.69 Å². The van der Waals surface area contributed by atoms with E-state index in [4.69, 9.17) is 0 Å². The Morgan fingerprint density at radius 3 is 2.40 bits per heavy atom. The number of hydrogen-bond acceptors (Lipinski definition) is 4. The smallest absolute Gasteiger partial charge is 0.250 e. The second-order valence-corrected chi connectivity index (χ2v) is 4.01. The molecule has 1 rings (SSSR count). The van der Waals surface area contributed by atoms with Crippen molar-refractivity contribution in [2.75, 3.05) is 6.26 Å². The number of sulfone groups is 1. The molecule has 1 heterocycles. The summed E-state index contributed by atoms with van der Waals surface area (Å²) in [5.74, 6) is 0. The Kier molecular flexibility index (Phi) is 1.52. The molecule has 10 heavy (non-hydrogen) atoms. The Morgan fingerprint density at radius 2 is 2.20 bits per heavy atom. The number of aryl methyl sites for hydroxylation is 1. The van der Waals surface area contributed by atoms with Gasteiger partial charge >= 0.3 is 0 Å². The van der Waals surface area contributed by atoms with E-state index in [0.717, 1.165) is 6.26 Å². The lowest BCUT2D eigenvalue weighted by Gasteiger charge is -1.84. The molecule has 0 fully saturated rings. The summed E-state index contributed by atoms with van der Waals surface area (Å²) < 4.78 is 25.9. The molecular weight excluding hydrogens is 154 g/mol. The van der Waals surface area contributed by atoms with Crippen LogP contribution in [-0.2, 0) is 9.84 Å². The van der Waals surface area contributed by atoms with Crippen LogP contribution in [0.25, 0.3) is 0 Å². The van der Waals surface area contributed by atoms with E-state index in [0.29, 0.717) is 5.69 Å². The lowest BCUT2D eigenvalue weighted by molar-refractivity contribution is 0.337. The summed E-state index contributed by atoms with van der Waals surface area (Å²) in [6.07, 6.45) is 1.08. The monoisotopic (exact) mass is 161 g/mol. The van der Waals surface area contributed by atoms with Crippen LogP contribution in [0.2, 0.25) is 0 Å². The van der Waals surface area contributed by atoms with Crippen LogP contribution < -0.4 is 0 Å². The second kappa shape index (κ2) is 2.09. The van der Waals surface area contributed by atoms with Gasteiger partial charge in [0.15, 0.2) is 0 Å². The predicted molar refractivity (Wildman–Crippen MR) is 34.3 cm³/mol. The molecule has 56 valence electrons. The van der Waals surface area contributed by atoms with Gasteiger partial charge < -0.3 is 4.52 Å². The van der Waals surface area contributed by atoms with E-state index in [-0.39, 0.29) is 5.09 Å². The molecule has 0 amide bonds. The van der Waals surface area contributed by atoms with Gasteiger partial charge in [-0.1, -0.05) is 5.16 Å². The third-order valence-electron chi connectivity index (χ3n) is 0.972. The van der Waals surface area contributed by atoms with E-state index in [1.54, 1.807) is 6.92 Å². The van der Waals surface area contributed by atoms with Crippen LogP contribution >= 0.6 is 0 Å². The Labute approximate surface area is 58.8 Å². The predicted octanol–water partition coefficient (Wildman–Crippen LogP) is 0.387. The highest BCUT2D eigenvalue weighted by molar-refractivity contribution is 7.90. The molecule has 0 N–H and O–H groups in total. The summed E-state index contributed by atoms with van der Waals surface area (Å²) >= 11 is 0. The van der Waals surface area contributed by atoms with Crippen LogP contribution in [0.3, 0.4) is 0 Å². The fourth-order valence-corrected chi connectivity index (χ4v) is 1.07. The van der Waals surface area contributed by atoms with Gasteiger partial charge in [0, 0.05) is 12.3 Å². The van der Waals surface area contributed by atoms with Gasteiger partial charge in [0.25, 0.3) is 5.09 Å². The van der Waals surface area contributed by atoms with E-state index < -0.39 is 9.84 Å². The molecule has 0 radical (unpaired) electrons. The highest BCUT2D eigenvalue weighted by Gasteiger charge is 2.11. The van der Waals surface area contributed by atoms with Crippen molar-refractivity contribution >= 4 is 9.84 Å². The van der Waals surface area contributed by atoms with Crippen molar-refractivity contribution in [3.63, 3.8) is 0 Å². The third kappa shape index (κ3) is 1.36. The quantitative estimate of drug-likeness (QED) is 0.597. The summed E-state index contributed by atoms with van der Waals surface area (Å²) in [6.45, 7) is 1.66. The maximum Gasteiger partial charge on any atom is 0.250 e. The first-order chi connectivity index (χ1) is 4.50. The molecule has 0 aromatic carbocycles. The van der Waals surface area contributed by atoms with E-state index >= 15 is 0 Å². The fourth-order valence-electron chi connectivity index (χ4n) is 0.515. The van der Waals surface area contributed by atoms with Gasteiger partial charge in [-0.15, -0.1) is 0 Å². The number of hydrogen-bond donors (Lipinski definition) is 0. The fraction of sp³-hybridized carbons (Fsp3) is 0.400. The van der Waals surface area contributed by atoms with E-state index in [1.807, 2.05) is 0 Å². The Balaban J connectivity index is 3.21. The molecule has 0 unspecified atom stereocenters. The first-order valence-corrected chi connectivity index (χ1v) is 4.52. The van der Waals surface area contributed by atoms with Crippen LogP contribution in [0.5, 0.6) is 0 Å². The van der Waals surface area contributed by atoms with E-state index in [2.05, 4.69) is 9.68 Å². The van der Waals surface area contributed by atoms with Crippen molar-refractivity contribution in [3.8, 4) is 0 Å². The van der Waals surface area contributed by atoms with Gasteiger partial charge in [-0.3, -0.25) is 0 Å². The topological polar surface area (TPSA) is 60.2 Å². The standard InChI is InChI=1S/C5H7NO3S/c1-4-3-5(9-6-4)10(2,7)8/h3H,1-2H3. The number of aromatic nitrogens is 1. The normalized spacial score (nSPS) is 11.8. The molecule has 0 saturated heterocycles. The SMILES string of the molecule is Cc1cc(S(C)(=O)=O)on1. The van der Waals surface area contributed by atoms with E-state index in [1.165, 1.54) is 6.07 Å². The molecule has 0 aliphatic heterocycles. The summed E-state index contributed by atoms with van der Waals surface area (Å²) in [6, 6.07) is 1.38. The maximum absolute atomic E-state index is 10.7. The average molecular weight is 161 g/mol. The van der Waals surface area contributed by atoms with Crippen LogP contribution in [0.15, 0.2) is 15.7 Å². The lowest BCUT2D eigenvalue weighted by Crippen LogP contribution is -1.93. The molecule has 5 heteroatoms. The van der Waals surface area contributed by atoms with Crippen LogP contribution in [0.4, 0.5) is 0 Å². The minimum atomic E-state index is -3.21. The van der Waals surface area contributed by atoms with Gasteiger partial charge in [-0.25, -0.2) is 8.42 Å². The molecule has 0 aliphatic carbocycles. The zero-order valence-electron chi connectivity index (χ0n) is 5.66. The van der Waals surface area contributed by atoms with E-state index in [9.17, 15) is 8.42 Å². The first-order valence-electron chi connectivity index (χ1n) is 2.63. The minimum Gasteiger partial charge on any atom is -0.344 e. The van der Waals surface area contributed by atoms with Crippen LogP contribution in [-0.4, -0.2) is 19.8 Å². The van der Waals surface area contributed by atoms with Crippen LogP contribution in [0.1, 0.15) is 5.69 Å². The molecule has 0 aliphatic rings. The van der Waals surface area contributed by atoms with Crippen molar-refractivity contribution in [1.82, 2.24) is 5.16 Å². The molecule has 4 nitrogen and oxygen atoms in total. The van der Waals surface area contributed by atoms with Gasteiger partial charge in [-0.05, 0) is 6.92 Å². The summed E-state index contributed by atoms with van der Waals surface area (Å²) in [5.41, 5.74) is 0.570. The Bertz CT molecular complexity index is 324. The van der Waals surface area contributed by atoms with Gasteiger partial charge in [0.1, 0.15) is 0 Å². The highest BCUT2D eigenvalue weighted by atomic mass is 32.2. The number of rotatable bonds is 1. The average Bonchev–Trinajstić information content (AvgIpc) is 2.11. The van der Waals surface area contributed by atoms with Crippen molar-refractivity contribution < 1.29 is 12.9 Å². The van der Waals surface area contributed by atoms with Gasteiger partial charge in [0.2, 0.25) is 9.84 Å². The summed E-state index contributed by atoms with van der Waals surface area (Å²) in [7, 11) is -3.21. The lowest BCUT2D eigenvalue weighted by atomic mass is 10.5. The van der Waals surface area contributed by atoms with Crippen molar-refractivity contribution in [2.24, 2.45) is 0 Å². The highest BCUT2D eigenvalue weighted by Crippen LogP contribution is 2.08. The minimum absolute atomic E-state index is 0.0787. The third-order valence-corrected chi connectivity index (χ3v) is 1.90. The molecule has 1 aromatic heterocycles. The largest absolute Gasteiger partial charge is 0.344 e.